The summed E-state index contributed by atoms with van der Waals surface area (Å²) in [7, 11) is 0. The van der Waals surface area contributed by atoms with E-state index in [0.717, 1.165) is 6.92 Å². The zero-order valence-corrected chi connectivity index (χ0v) is 7.72. The molecule has 0 bridgehead atoms. The third-order valence-electron chi connectivity index (χ3n) is 0.699. The summed E-state index contributed by atoms with van der Waals surface area (Å²) in [5.41, 5.74) is 0. The highest BCUT2D eigenvalue weighted by molar-refractivity contribution is 5.71. The van der Waals surface area contributed by atoms with Crippen molar-refractivity contribution >= 4 is 11.9 Å². The molecule has 0 aromatic carbocycles. The number of hydrogen-bond donors (Lipinski definition) is 4. The van der Waals surface area contributed by atoms with E-state index in [1.807, 2.05) is 0 Å². The maximum absolute atomic E-state index is 9.45. The second kappa shape index (κ2) is 8.91. The van der Waals surface area contributed by atoms with Crippen LogP contribution in [0.25, 0.3) is 0 Å². The van der Waals surface area contributed by atoms with Crippen molar-refractivity contribution in [3.8, 4) is 0 Å². The van der Waals surface area contributed by atoms with Crippen LogP contribution < -0.4 is 11.3 Å². The minimum Gasteiger partial charge on any atom is -0.547 e. The van der Waals surface area contributed by atoms with Crippen LogP contribution in [0.4, 0.5) is 0 Å². The fraction of sp³-hybridized carbons (Fsp3) is 0.667. The summed E-state index contributed by atoms with van der Waals surface area (Å²) in [6.45, 7) is 2.33. The van der Waals surface area contributed by atoms with Gasteiger partial charge in [0.2, 0.25) is 0 Å². The van der Waals surface area contributed by atoms with Crippen LogP contribution in [0.3, 0.4) is 0 Å². The first kappa shape index (κ1) is 17.8. The first-order valence-corrected chi connectivity index (χ1v) is 3.08. The topological polar surface area (TPSA) is 154 Å². The maximum atomic E-state index is 9.45. The molecule has 0 aromatic rings. The van der Waals surface area contributed by atoms with E-state index in [9.17, 15) is 14.7 Å². The number of carboxylic acids is 2. The molecule has 0 amide bonds. The Kier molecular flexibility index (Phi) is 12.2. The summed E-state index contributed by atoms with van der Waals surface area (Å²) in [5.74, 6) is -2.62. The lowest BCUT2D eigenvalue weighted by atomic mass is 10.4. The van der Waals surface area contributed by atoms with Crippen molar-refractivity contribution in [1.29, 1.82) is 0 Å². The highest BCUT2D eigenvalue weighted by Crippen LogP contribution is 1.73. The van der Waals surface area contributed by atoms with Crippen molar-refractivity contribution in [2.75, 3.05) is 0 Å². The lowest BCUT2D eigenvalue weighted by Gasteiger charge is -2.00. The van der Waals surface area contributed by atoms with Crippen LogP contribution in [0.15, 0.2) is 0 Å². The van der Waals surface area contributed by atoms with Gasteiger partial charge < -0.3 is 31.4 Å². The molecule has 0 aromatic heterocycles. The average Bonchev–Trinajstić information content (AvgIpc) is 1.88. The number of hydrogen-bond acceptors (Lipinski definition) is 5. The molecule has 80 valence electrons. The zero-order valence-electron chi connectivity index (χ0n) is 7.72. The molecule has 0 radical (unpaired) electrons. The van der Waals surface area contributed by atoms with Gasteiger partial charge >= 0.3 is 5.97 Å². The molecule has 0 fully saturated rings. The number of carboxylic acid groups (broad SMARTS) is 2. The Morgan fingerprint density at radius 3 is 1.31 bits per heavy atom. The van der Waals surface area contributed by atoms with Gasteiger partial charge in [-0.3, -0.25) is 0 Å². The summed E-state index contributed by atoms with van der Waals surface area (Å²) < 4.78 is 0. The number of aliphatic hydroxyl groups is 2. The molecule has 0 spiro atoms. The minimum atomic E-state index is -1.44. The first-order chi connectivity index (χ1) is 5.29. The third-order valence-corrected chi connectivity index (χ3v) is 0.699. The van der Waals surface area contributed by atoms with Gasteiger partial charge in [0.1, 0.15) is 6.10 Å². The van der Waals surface area contributed by atoms with Gasteiger partial charge in [-0.05, 0) is 13.8 Å². The van der Waals surface area contributed by atoms with E-state index >= 15 is 0 Å². The predicted molar refractivity (Wildman–Crippen MR) is 42.0 cm³/mol. The fourth-order valence-corrected chi connectivity index (χ4v) is 0. The molecule has 7 N–H and O–H groups in total. The van der Waals surface area contributed by atoms with Crippen LogP contribution >= 0.6 is 0 Å². The molecule has 0 rings (SSSR count). The summed E-state index contributed by atoms with van der Waals surface area (Å²) in [6.07, 6.45) is -2.57. The van der Waals surface area contributed by atoms with Crippen LogP contribution in [0.5, 0.6) is 0 Å². The van der Waals surface area contributed by atoms with Gasteiger partial charge in [-0.1, -0.05) is 0 Å². The number of carbonyl (C=O) groups is 2. The smallest absolute Gasteiger partial charge is 0.332 e. The Morgan fingerprint density at radius 1 is 1.15 bits per heavy atom. The van der Waals surface area contributed by atoms with E-state index in [1.165, 1.54) is 6.92 Å². The van der Waals surface area contributed by atoms with Gasteiger partial charge in [0.15, 0.2) is 0 Å². The highest BCUT2D eigenvalue weighted by Gasteiger charge is 2.01. The Hall–Kier alpha value is -1.18. The first-order valence-electron chi connectivity index (χ1n) is 3.08. The van der Waals surface area contributed by atoms with Crippen LogP contribution in [0, 0.1) is 0 Å². The fourth-order valence-electron chi connectivity index (χ4n) is 0. The summed E-state index contributed by atoms with van der Waals surface area (Å²) in [4.78, 5) is 18.8. The minimum absolute atomic E-state index is 0. The van der Waals surface area contributed by atoms with E-state index in [-0.39, 0.29) is 6.15 Å². The van der Waals surface area contributed by atoms with Crippen molar-refractivity contribution in [3.63, 3.8) is 0 Å². The zero-order chi connectivity index (χ0) is 10.3. The van der Waals surface area contributed by atoms with Gasteiger partial charge in [0.25, 0.3) is 0 Å². The summed E-state index contributed by atoms with van der Waals surface area (Å²) in [6, 6.07) is 0. The standard InChI is InChI=1S/2C3H6O3.H3N/c2*1-2(4)3(5)6;/h2*2,4H,1H3,(H,5,6);1H3. The van der Waals surface area contributed by atoms with Crippen molar-refractivity contribution < 1.29 is 30.0 Å². The lowest BCUT2D eigenvalue weighted by molar-refractivity contribution is -0.314. The Bertz CT molecular complexity index is 137. The average molecular weight is 197 g/mol. The van der Waals surface area contributed by atoms with E-state index < -0.39 is 24.1 Å². The monoisotopic (exact) mass is 197 g/mol. The molecule has 0 saturated heterocycles. The molecule has 0 saturated carbocycles. The Balaban J connectivity index is -0.000000143. The molecule has 13 heavy (non-hydrogen) atoms. The number of aliphatic carboxylic acids is 2. The van der Waals surface area contributed by atoms with Crippen LogP contribution in [-0.2, 0) is 9.59 Å². The van der Waals surface area contributed by atoms with Crippen LogP contribution in [0.2, 0.25) is 0 Å². The number of rotatable bonds is 2. The predicted octanol–water partition coefficient (Wildman–Crippen LogP) is -2.05. The van der Waals surface area contributed by atoms with Crippen LogP contribution in [-0.4, -0.2) is 39.5 Å². The second-order valence-electron chi connectivity index (χ2n) is 2.01. The van der Waals surface area contributed by atoms with E-state index in [0.29, 0.717) is 0 Å². The number of aliphatic hydroxyl groups excluding tert-OH is 2. The SMILES string of the molecule is CC(O)C(=O)O.CC(O)C(=O)[O-].[NH4+]. The molecule has 7 nitrogen and oxygen atoms in total. The molecule has 0 heterocycles. The normalized spacial score (nSPS) is 12.6. The molecular weight excluding hydrogens is 182 g/mol. The number of carbonyl (C=O) groups excluding carboxylic acids is 1. The van der Waals surface area contributed by atoms with Crippen LogP contribution in [0.1, 0.15) is 13.8 Å². The molecule has 7 heteroatoms. The molecule has 2 unspecified atom stereocenters. The molecule has 0 aliphatic heterocycles. The lowest BCUT2D eigenvalue weighted by Crippen LogP contribution is -2.32. The largest absolute Gasteiger partial charge is 0.547 e. The molecule has 0 aliphatic carbocycles. The quantitative estimate of drug-likeness (QED) is 0.399. The van der Waals surface area contributed by atoms with Crippen molar-refractivity contribution in [2.45, 2.75) is 26.1 Å². The highest BCUT2D eigenvalue weighted by atomic mass is 16.4. The van der Waals surface area contributed by atoms with Crippen molar-refractivity contribution in [1.82, 2.24) is 6.15 Å². The van der Waals surface area contributed by atoms with Crippen molar-refractivity contribution in [2.24, 2.45) is 0 Å². The Labute approximate surface area is 75.2 Å². The van der Waals surface area contributed by atoms with E-state index in [2.05, 4.69) is 0 Å². The molecule has 0 aliphatic rings. The molecular formula is C6H15NO6. The third kappa shape index (κ3) is 18.1. The van der Waals surface area contributed by atoms with Crippen molar-refractivity contribution in [3.05, 3.63) is 0 Å². The van der Waals surface area contributed by atoms with E-state index in [4.69, 9.17) is 15.3 Å². The van der Waals surface area contributed by atoms with E-state index in [1.54, 1.807) is 0 Å². The Morgan fingerprint density at radius 2 is 1.31 bits per heavy atom. The van der Waals surface area contributed by atoms with Gasteiger partial charge in [-0.25, -0.2) is 4.79 Å². The van der Waals surface area contributed by atoms with Gasteiger partial charge in [0, 0.05) is 0 Å². The van der Waals surface area contributed by atoms with Gasteiger partial charge in [0.05, 0.1) is 12.1 Å². The maximum Gasteiger partial charge on any atom is 0.332 e. The molecule has 2 atom stereocenters. The summed E-state index contributed by atoms with van der Waals surface area (Å²) >= 11 is 0. The van der Waals surface area contributed by atoms with Gasteiger partial charge in [-0.2, -0.15) is 0 Å². The van der Waals surface area contributed by atoms with Gasteiger partial charge in [-0.15, -0.1) is 0 Å². The second-order valence-corrected chi connectivity index (χ2v) is 2.01. The summed E-state index contributed by atoms with van der Waals surface area (Å²) in [5, 5.41) is 33.1. The number of quaternary nitrogens is 1.